The van der Waals surface area contributed by atoms with Gasteiger partial charge in [-0.2, -0.15) is 0 Å². The van der Waals surface area contributed by atoms with Gasteiger partial charge in [0, 0.05) is 44.1 Å². The Morgan fingerprint density at radius 3 is 2.36 bits per heavy atom. The molecule has 1 heterocycles. The Morgan fingerprint density at radius 1 is 0.902 bits per heavy atom. The highest BCUT2D eigenvalue weighted by Crippen LogP contribution is 2.62. The Balaban J connectivity index is 1.49. The van der Waals surface area contributed by atoms with Gasteiger partial charge in [-0.15, -0.1) is 6.58 Å². The van der Waals surface area contributed by atoms with Crippen LogP contribution in [0.15, 0.2) is 90.1 Å². The fraction of sp³-hybridized carbons (Fsp3) is 0.577. The normalized spacial score (nSPS) is 23.5. The topological polar surface area (TPSA) is 121 Å². The Labute approximate surface area is 364 Å². The fourth-order valence-electron chi connectivity index (χ4n) is 10.5. The number of aromatic hydroxyl groups is 1. The number of hydrogen-bond donors (Lipinski definition) is 3. The second-order valence-electron chi connectivity index (χ2n) is 17.5. The summed E-state index contributed by atoms with van der Waals surface area (Å²) in [6, 6.07) is 19.4. The van der Waals surface area contributed by atoms with Crippen LogP contribution in [0.2, 0.25) is 0 Å². The number of ether oxygens (including phenoxy) is 2. The number of aliphatic hydroxyl groups excluding tert-OH is 2. The molecule has 1 aliphatic heterocycles. The summed E-state index contributed by atoms with van der Waals surface area (Å²) in [4.78, 5) is 23.2. The average molecular weight is 837 g/mol. The van der Waals surface area contributed by atoms with E-state index in [9.17, 15) is 15.3 Å². The number of amides is 1. The van der Waals surface area contributed by atoms with Crippen molar-refractivity contribution in [3.8, 4) is 11.5 Å². The fourth-order valence-corrected chi connectivity index (χ4v) is 10.5. The molecular weight excluding hydrogens is 765 g/mol. The summed E-state index contributed by atoms with van der Waals surface area (Å²) >= 11 is 0. The largest absolute Gasteiger partial charge is 0.508 e. The molecule has 9 nitrogen and oxygen atoms in total. The van der Waals surface area contributed by atoms with E-state index < -0.39 is 17.7 Å². The molecule has 0 aromatic heterocycles. The monoisotopic (exact) mass is 837 g/mol. The Bertz CT molecular complexity index is 1920. The summed E-state index contributed by atoms with van der Waals surface area (Å²) in [7, 11) is 0. The van der Waals surface area contributed by atoms with Crippen molar-refractivity contribution >= 4 is 22.4 Å². The van der Waals surface area contributed by atoms with Crippen LogP contribution in [0.1, 0.15) is 140 Å². The highest BCUT2D eigenvalue weighted by Gasteiger charge is 2.65. The number of phenolic OH excluding ortho intramolecular Hbond substituents is 1. The minimum atomic E-state index is -1.34. The molecule has 3 N–H and O–H groups in total. The van der Waals surface area contributed by atoms with Crippen molar-refractivity contribution in [2.45, 2.75) is 147 Å². The van der Waals surface area contributed by atoms with E-state index in [1.807, 2.05) is 30.0 Å². The lowest BCUT2D eigenvalue weighted by Crippen LogP contribution is -2.70. The van der Waals surface area contributed by atoms with Gasteiger partial charge in [-0.1, -0.05) is 131 Å². The molecule has 3 aromatic carbocycles. The van der Waals surface area contributed by atoms with Crippen molar-refractivity contribution in [1.29, 1.82) is 0 Å². The van der Waals surface area contributed by atoms with Crippen LogP contribution < -0.4 is 4.74 Å². The molecule has 332 valence electrons. The van der Waals surface area contributed by atoms with Crippen molar-refractivity contribution in [1.82, 2.24) is 4.90 Å². The molecule has 6 rings (SSSR count). The van der Waals surface area contributed by atoms with E-state index in [2.05, 4.69) is 56.0 Å². The predicted octanol–water partition coefficient (Wildman–Crippen LogP) is 11.1. The number of benzene rings is 3. The number of oxime groups is 1. The zero-order valence-electron chi connectivity index (χ0n) is 36.9. The van der Waals surface area contributed by atoms with Gasteiger partial charge in [0.1, 0.15) is 24.1 Å². The van der Waals surface area contributed by atoms with E-state index in [4.69, 9.17) is 19.5 Å². The van der Waals surface area contributed by atoms with E-state index in [-0.39, 0.29) is 49.2 Å². The van der Waals surface area contributed by atoms with Crippen LogP contribution >= 0.6 is 0 Å². The maximum absolute atomic E-state index is 15.2. The van der Waals surface area contributed by atoms with Crippen molar-refractivity contribution in [3.05, 3.63) is 96.1 Å². The number of fused-ring (bicyclic) bond motifs is 3. The highest BCUT2D eigenvalue weighted by molar-refractivity contribution is 6.03. The number of rotatable bonds is 26. The summed E-state index contributed by atoms with van der Waals surface area (Å²) < 4.78 is 14.5. The molecule has 1 fully saturated rings. The van der Waals surface area contributed by atoms with Crippen LogP contribution in [-0.4, -0.2) is 70.1 Å². The minimum Gasteiger partial charge on any atom is -0.508 e. The van der Waals surface area contributed by atoms with Crippen LogP contribution in [0.25, 0.3) is 10.8 Å². The van der Waals surface area contributed by atoms with Gasteiger partial charge in [0.2, 0.25) is 11.7 Å². The third kappa shape index (κ3) is 11.1. The first kappa shape index (κ1) is 46.3. The molecule has 61 heavy (non-hydrogen) atoms. The van der Waals surface area contributed by atoms with E-state index in [1.165, 1.54) is 38.5 Å². The first-order chi connectivity index (χ1) is 29.9. The Morgan fingerprint density at radius 2 is 1.62 bits per heavy atom. The van der Waals surface area contributed by atoms with Gasteiger partial charge in [-0.3, -0.25) is 4.79 Å². The molecule has 3 aliphatic rings. The third-order valence-corrected chi connectivity index (χ3v) is 13.4. The Hall–Kier alpha value is -4.18. The van der Waals surface area contributed by atoms with Crippen LogP contribution in [0.5, 0.6) is 11.5 Å². The lowest BCUT2D eigenvalue weighted by molar-refractivity contribution is -0.258. The zero-order valence-corrected chi connectivity index (χ0v) is 36.9. The second-order valence-corrected chi connectivity index (χ2v) is 17.5. The van der Waals surface area contributed by atoms with E-state index in [1.54, 1.807) is 12.1 Å². The molecule has 2 aliphatic carbocycles. The maximum atomic E-state index is 15.2. The molecule has 1 saturated carbocycles. The van der Waals surface area contributed by atoms with Crippen LogP contribution in [0.4, 0.5) is 0 Å². The van der Waals surface area contributed by atoms with Gasteiger partial charge in [-0.25, -0.2) is 0 Å². The van der Waals surface area contributed by atoms with E-state index >= 15 is 4.79 Å². The van der Waals surface area contributed by atoms with Gasteiger partial charge in [0.25, 0.3) is 0 Å². The number of hydrogen-bond acceptors (Lipinski definition) is 8. The van der Waals surface area contributed by atoms with Crippen molar-refractivity contribution in [2.75, 3.05) is 26.4 Å². The summed E-state index contributed by atoms with van der Waals surface area (Å²) in [6.07, 6.45) is 20.1. The number of allylic oxidation sites excluding steroid dienone is 1. The lowest BCUT2D eigenvalue weighted by Gasteiger charge is -2.60. The molecule has 6 unspecified atom stereocenters. The third-order valence-electron chi connectivity index (χ3n) is 13.4. The van der Waals surface area contributed by atoms with Gasteiger partial charge in [0.15, 0.2) is 0 Å². The Kier molecular flexibility index (Phi) is 17.7. The first-order valence-electron chi connectivity index (χ1n) is 23.6. The molecule has 0 saturated heterocycles. The van der Waals surface area contributed by atoms with Gasteiger partial charge < -0.3 is 34.5 Å². The summed E-state index contributed by atoms with van der Waals surface area (Å²) in [5.41, 5.74) is 3.74. The first-order valence-corrected chi connectivity index (χ1v) is 23.6. The molecule has 6 atom stereocenters. The zero-order chi connectivity index (χ0) is 43.0. The SMILES string of the molecule is C=CCOC12Oc3ccc(O)cc3C3C(CCCCO)C(CCCCO)C=C(C(=NOCC)CC1N(Cc1cccc4ccccc14)C(=O)CCCCCCCCCCC)C32. The van der Waals surface area contributed by atoms with Gasteiger partial charge >= 0.3 is 0 Å². The predicted molar refractivity (Wildman–Crippen MR) is 245 cm³/mol. The molecule has 0 bridgehead atoms. The standard InChI is InChI=1S/C52H72N2O7/c1-4-7-8-9-10-11-12-13-14-28-49(58)54(37-40-25-21-24-38-22-15-16-26-42(38)40)48-36-46(53-60-6-3)44-34-39(23-17-19-31-55)43(27-18-20-32-56)50-45-35-41(57)29-30-47(45)61-52(48,51(44)50)59-33-5-2/h5,15-16,21-22,24-26,29-30,34-35,39,43,48,50-51,55-57H,2,4,6-14,17-20,23,27-28,31-33,36-37H2,1,3H3. The molecule has 0 radical (unpaired) electrons. The number of carbonyl (C=O) groups is 1. The van der Waals surface area contributed by atoms with E-state index in [0.29, 0.717) is 44.6 Å². The van der Waals surface area contributed by atoms with Crippen molar-refractivity contribution < 1.29 is 34.4 Å². The highest BCUT2D eigenvalue weighted by atomic mass is 16.7. The van der Waals surface area contributed by atoms with Crippen LogP contribution in [0, 0.1) is 17.8 Å². The van der Waals surface area contributed by atoms with Crippen LogP contribution in [0.3, 0.4) is 0 Å². The molecule has 9 heteroatoms. The lowest BCUT2D eigenvalue weighted by atomic mass is 9.55. The molecule has 3 aromatic rings. The maximum Gasteiger partial charge on any atom is 0.239 e. The number of carbonyl (C=O) groups excluding carboxylic acids is 1. The average Bonchev–Trinajstić information content (AvgIpc) is 3.27. The quantitative estimate of drug-likeness (QED) is 0.0418. The van der Waals surface area contributed by atoms with Crippen molar-refractivity contribution in [2.24, 2.45) is 22.9 Å². The summed E-state index contributed by atoms with van der Waals surface area (Å²) in [5.74, 6) is -0.876. The van der Waals surface area contributed by atoms with Crippen LogP contribution in [-0.2, 0) is 20.9 Å². The number of phenols is 1. The molecule has 1 amide bonds. The number of unbranched alkanes of at least 4 members (excludes halogenated alkanes) is 10. The van der Waals surface area contributed by atoms with Gasteiger partial charge in [0.05, 0.1) is 18.2 Å². The molecule has 0 spiro atoms. The number of nitrogens with zero attached hydrogens (tertiary/aromatic N) is 2. The van der Waals surface area contributed by atoms with Gasteiger partial charge in [-0.05, 0) is 91.0 Å². The van der Waals surface area contributed by atoms with E-state index in [0.717, 1.165) is 78.1 Å². The van der Waals surface area contributed by atoms with Crippen molar-refractivity contribution in [3.63, 3.8) is 0 Å². The minimum absolute atomic E-state index is 0.0551. The molecular formula is C52H72N2O7. The summed E-state index contributed by atoms with van der Waals surface area (Å²) in [5, 5.41) is 37.9. The summed E-state index contributed by atoms with van der Waals surface area (Å²) in [6.45, 7) is 9.44. The second kappa shape index (κ2) is 23.3. The number of aliphatic hydroxyl groups is 2. The smallest absolute Gasteiger partial charge is 0.239 e.